The second-order valence-corrected chi connectivity index (χ2v) is 3.85. The van der Waals surface area contributed by atoms with E-state index in [2.05, 4.69) is 5.43 Å². The van der Waals surface area contributed by atoms with Crippen LogP contribution in [-0.4, -0.2) is 18.8 Å². The molecule has 0 heterocycles. The van der Waals surface area contributed by atoms with Crippen molar-refractivity contribution in [3.05, 3.63) is 35.4 Å². The van der Waals surface area contributed by atoms with Gasteiger partial charge in [0.2, 0.25) is 0 Å². The number of hydrogen-bond donors (Lipinski definition) is 2. The first kappa shape index (κ1) is 14.0. The van der Waals surface area contributed by atoms with Crippen molar-refractivity contribution in [3.8, 4) is 0 Å². The van der Waals surface area contributed by atoms with Crippen LogP contribution in [0.15, 0.2) is 18.2 Å². The highest BCUT2D eigenvalue weighted by Gasteiger charge is 2.19. The number of hydrazine groups is 1. The number of benzene rings is 1. The highest BCUT2D eigenvalue weighted by atomic mass is 19.2. The highest BCUT2D eigenvalue weighted by Crippen LogP contribution is 2.15. The molecule has 3 nitrogen and oxygen atoms in total. The van der Waals surface area contributed by atoms with Crippen LogP contribution in [0.25, 0.3) is 0 Å². The summed E-state index contributed by atoms with van der Waals surface area (Å²) < 4.78 is 31.9. The van der Waals surface area contributed by atoms with E-state index < -0.39 is 11.6 Å². The van der Waals surface area contributed by atoms with Gasteiger partial charge in [-0.05, 0) is 31.9 Å². The molecule has 0 saturated carbocycles. The molecule has 0 aromatic heterocycles. The second kappa shape index (κ2) is 6.64. The van der Waals surface area contributed by atoms with E-state index in [0.717, 1.165) is 6.07 Å². The first-order chi connectivity index (χ1) is 8.10. The maximum atomic E-state index is 13.5. The number of nitrogens with one attached hydrogen (secondary N) is 1. The van der Waals surface area contributed by atoms with Crippen LogP contribution in [0.2, 0.25) is 0 Å². The fourth-order valence-electron chi connectivity index (χ4n) is 1.68. The molecule has 5 heteroatoms. The SMILES string of the molecule is CCOC(C)C(Cc1cccc(F)c1F)NN. The summed E-state index contributed by atoms with van der Waals surface area (Å²) >= 11 is 0. The Morgan fingerprint density at radius 2 is 2.12 bits per heavy atom. The van der Waals surface area contributed by atoms with Crippen molar-refractivity contribution in [2.24, 2.45) is 5.84 Å². The van der Waals surface area contributed by atoms with Gasteiger partial charge in [-0.25, -0.2) is 8.78 Å². The van der Waals surface area contributed by atoms with E-state index in [1.54, 1.807) is 6.07 Å². The summed E-state index contributed by atoms with van der Waals surface area (Å²) in [7, 11) is 0. The van der Waals surface area contributed by atoms with Crippen LogP contribution in [0.3, 0.4) is 0 Å². The van der Waals surface area contributed by atoms with Gasteiger partial charge in [-0.15, -0.1) is 0 Å². The number of nitrogens with two attached hydrogens (primary N) is 1. The monoisotopic (exact) mass is 244 g/mol. The van der Waals surface area contributed by atoms with Gasteiger partial charge in [0.05, 0.1) is 12.1 Å². The Bertz CT molecular complexity index is 360. The lowest BCUT2D eigenvalue weighted by molar-refractivity contribution is 0.0474. The molecule has 0 aliphatic rings. The minimum Gasteiger partial charge on any atom is -0.377 e. The minimum absolute atomic E-state index is 0.173. The summed E-state index contributed by atoms with van der Waals surface area (Å²) in [5, 5.41) is 0. The average molecular weight is 244 g/mol. The molecule has 0 bridgehead atoms. The quantitative estimate of drug-likeness (QED) is 0.592. The number of ether oxygens (including phenoxy) is 1. The second-order valence-electron chi connectivity index (χ2n) is 3.85. The Hall–Kier alpha value is -1.04. The fourth-order valence-corrected chi connectivity index (χ4v) is 1.68. The predicted molar refractivity (Wildman–Crippen MR) is 62.3 cm³/mol. The zero-order valence-corrected chi connectivity index (χ0v) is 10.0. The summed E-state index contributed by atoms with van der Waals surface area (Å²) in [6.45, 7) is 4.25. The Kier molecular flexibility index (Phi) is 5.47. The molecule has 0 amide bonds. The third-order valence-electron chi connectivity index (χ3n) is 2.68. The summed E-state index contributed by atoms with van der Waals surface area (Å²) in [5.74, 6) is 3.73. The molecule has 3 N–H and O–H groups in total. The lowest BCUT2D eigenvalue weighted by atomic mass is 10.0. The molecule has 1 aromatic carbocycles. The van der Waals surface area contributed by atoms with E-state index >= 15 is 0 Å². The van der Waals surface area contributed by atoms with Crippen molar-refractivity contribution in [2.75, 3.05) is 6.61 Å². The van der Waals surface area contributed by atoms with Crippen LogP contribution >= 0.6 is 0 Å². The fraction of sp³-hybridized carbons (Fsp3) is 0.500. The lowest BCUT2D eigenvalue weighted by Gasteiger charge is -2.23. The molecule has 96 valence electrons. The van der Waals surface area contributed by atoms with E-state index in [4.69, 9.17) is 10.6 Å². The summed E-state index contributed by atoms with van der Waals surface area (Å²) in [5.41, 5.74) is 2.86. The van der Waals surface area contributed by atoms with E-state index in [9.17, 15) is 8.78 Å². The van der Waals surface area contributed by atoms with Crippen molar-refractivity contribution in [1.82, 2.24) is 5.43 Å². The third-order valence-corrected chi connectivity index (χ3v) is 2.68. The van der Waals surface area contributed by atoms with Gasteiger partial charge in [-0.2, -0.15) is 0 Å². The normalized spacial score (nSPS) is 14.6. The van der Waals surface area contributed by atoms with Gasteiger partial charge in [0, 0.05) is 6.61 Å². The van der Waals surface area contributed by atoms with Gasteiger partial charge < -0.3 is 4.74 Å². The smallest absolute Gasteiger partial charge is 0.162 e. The first-order valence-electron chi connectivity index (χ1n) is 5.60. The van der Waals surface area contributed by atoms with Crippen molar-refractivity contribution in [1.29, 1.82) is 0 Å². The molecular weight excluding hydrogens is 226 g/mol. The van der Waals surface area contributed by atoms with Crippen LogP contribution in [-0.2, 0) is 11.2 Å². The Morgan fingerprint density at radius 1 is 1.41 bits per heavy atom. The Morgan fingerprint density at radius 3 is 2.71 bits per heavy atom. The van der Waals surface area contributed by atoms with E-state index in [0.29, 0.717) is 12.2 Å². The largest absolute Gasteiger partial charge is 0.377 e. The Labute approximate surface area is 99.9 Å². The van der Waals surface area contributed by atoms with E-state index in [1.807, 2.05) is 13.8 Å². The van der Waals surface area contributed by atoms with Crippen molar-refractivity contribution in [3.63, 3.8) is 0 Å². The summed E-state index contributed by atoms with van der Waals surface area (Å²) in [4.78, 5) is 0. The molecule has 2 atom stereocenters. The lowest BCUT2D eigenvalue weighted by Crippen LogP contribution is -2.45. The van der Waals surface area contributed by atoms with Crippen LogP contribution < -0.4 is 11.3 Å². The summed E-state index contributed by atoms with van der Waals surface area (Å²) in [6, 6.07) is 3.86. The molecule has 0 radical (unpaired) electrons. The maximum Gasteiger partial charge on any atom is 0.162 e. The molecular formula is C12H18F2N2O. The van der Waals surface area contributed by atoms with Crippen LogP contribution in [0.1, 0.15) is 19.4 Å². The zero-order chi connectivity index (χ0) is 12.8. The van der Waals surface area contributed by atoms with Crippen molar-refractivity contribution >= 4 is 0 Å². The van der Waals surface area contributed by atoms with Gasteiger partial charge in [0.1, 0.15) is 0 Å². The minimum atomic E-state index is -0.845. The standard InChI is InChI=1S/C12H18F2N2O/c1-3-17-8(2)11(16-15)7-9-5-4-6-10(13)12(9)14/h4-6,8,11,16H,3,7,15H2,1-2H3. The third kappa shape index (κ3) is 3.73. The molecule has 2 unspecified atom stereocenters. The molecule has 0 aliphatic carbocycles. The van der Waals surface area contributed by atoms with Gasteiger partial charge in [0.15, 0.2) is 11.6 Å². The molecule has 1 aromatic rings. The van der Waals surface area contributed by atoms with Crippen molar-refractivity contribution in [2.45, 2.75) is 32.4 Å². The molecule has 0 fully saturated rings. The molecule has 0 spiro atoms. The van der Waals surface area contributed by atoms with Gasteiger partial charge in [-0.3, -0.25) is 11.3 Å². The van der Waals surface area contributed by atoms with Gasteiger partial charge in [-0.1, -0.05) is 12.1 Å². The number of rotatable bonds is 6. The van der Waals surface area contributed by atoms with Crippen LogP contribution in [0.5, 0.6) is 0 Å². The molecule has 1 rings (SSSR count). The first-order valence-corrected chi connectivity index (χ1v) is 5.60. The topological polar surface area (TPSA) is 47.3 Å². The molecule has 17 heavy (non-hydrogen) atoms. The molecule has 0 saturated heterocycles. The zero-order valence-electron chi connectivity index (χ0n) is 10.0. The van der Waals surface area contributed by atoms with Crippen molar-refractivity contribution < 1.29 is 13.5 Å². The van der Waals surface area contributed by atoms with Gasteiger partial charge in [0.25, 0.3) is 0 Å². The van der Waals surface area contributed by atoms with Gasteiger partial charge >= 0.3 is 0 Å². The molecule has 0 aliphatic heterocycles. The summed E-state index contributed by atoms with van der Waals surface area (Å²) in [6.07, 6.45) is 0.106. The Balaban J connectivity index is 2.77. The number of halogens is 2. The predicted octanol–water partition coefficient (Wildman–Crippen LogP) is 1.76. The average Bonchev–Trinajstić information content (AvgIpc) is 2.31. The van der Waals surface area contributed by atoms with E-state index in [1.165, 1.54) is 6.07 Å². The van der Waals surface area contributed by atoms with Crippen LogP contribution in [0.4, 0.5) is 8.78 Å². The van der Waals surface area contributed by atoms with Crippen LogP contribution in [0, 0.1) is 11.6 Å². The maximum absolute atomic E-state index is 13.5. The highest BCUT2D eigenvalue weighted by molar-refractivity contribution is 5.20. The number of hydrogen-bond acceptors (Lipinski definition) is 3. The van der Waals surface area contributed by atoms with E-state index in [-0.39, 0.29) is 18.6 Å².